The van der Waals surface area contributed by atoms with Crippen LogP contribution < -0.4 is 5.32 Å². The molecule has 106 valence electrons. The van der Waals surface area contributed by atoms with E-state index in [0.29, 0.717) is 4.34 Å². The molecule has 0 bridgehead atoms. The first-order valence-corrected chi connectivity index (χ1v) is 7.40. The van der Waals surface area contributed by atoms with E-state index in [0.717, 1.165) is 22.0 Å². The number of rotatable bonds is 5. The highest BCUT2D eigenvalue weighted by molar-refractivity contribution is 8.01. The number of carboxylic acid groups (broad SMARTS) is 1. The number of carbonyl (C=O) groups excluding carboxylic acids is 1. The van der Waals surface area contributed by atoms with E-state index in [4.69, 9.17) is 9.84 Å². The Morgan fingerprint density at radius 1 is 1.50 bits per heavy atom. The van der Waals surface area contributed by atoms with Crippen molar-refractivity contribution in [3.05, 3.63) is 24.3 Å². The predicted octanol–water partition coefficient (Wildman–Crippen LogP) is 2.55. The van der Waals surface area contributed by atoms with Crippen LogP contribution in [0.4, 0.5) is 4.79 Å². The van der Waals surface area contributed by atoms with Crippen LogP contribution in [-0.2, 0) is 9.53 Å². The smallest absolute Gasteiger partial charge is 0.450 e. The minimum atomic E-state index is -1.41. The molecule has 0 spiro atoms. The molecule has 8 heteroatoms. The van der Waals surface area contributed by atoms with Gasteiger partial charge >= 0.3 is 6.16 Å². The number of hydrogen-bond donors (Lipinski definition) is 2. The van der Waals surface area contributed by atoms with Crippen LogP contribution in [0.15, 0.2) is 28.6 Å². The molecule has 1 amide bonds. The lowest BCUT2D eigenvalue weighted by atomic mass is 10.3. The summed E-state index contributed by atoms with van der Waals surface area (Å²) in [5.41, 5.74) is 0.0297. The third-order valence-corrected chi connectivity index (χ3v) is 4.56. The number of ether oxygens (including phenoxy) is 1. The lowest BCUT2D eigenvalue weighted by Gasteiger charge is -2.12. The Morgan fingerprint density at radius 3 is 2.90 bits per heavy atom. The van der Waals surface area contributed by atoms with Gasteiger partial charge in [-0.15, -0.1) is 11.3 Å². The summed E-state index contributed by atoms with van der Waals surface area (Å²) in [5.74, 6) is -0.287. The number of amides is 1. The maximum Gasteiger partial charge on any atom is 0.506 e. The fraction of sp³-hybridized carbons (Fsp3) is 0.250. The van der Waals surface area contributed by atoms with Crippen LogP contribution in [0.5, 0.6) is 0 Å². The molecule has 2 rings (SSSR count). The van der Waals surface area contributed by atoms with E-state index >= 15 is 0 Å². The van der Waals surface area contributed by atoms with E-state index in [1.807, 2.05) is 24.3 Å². The first kappa shape index (κ1) is 14.6. The van der Waals surface area contributed by atoms with Gasteiger partial charge in [-0.05, 0) is 12.1 Å². The summed E-state index contributed by atoms with van der Waals surface area (Å²) >= 11 is 2.56. The Morgan fingerprint density at radius 2 is 2.25 bits per heavy atom. The summed E-state index contributed by atoms with van der Waals surface area (Å²) in [7, 11) is 1.49. The van der Waals surface area contributed by atoms with E-state index in [2.05, 4.69) is 10.3 Å². The fourth-order valence-electron chi connectivity index (χ4n) is 1.49. The second kappa shape index (κ2) is 6.58. The van der Waals surface area contributed by atoms with E-state index in [9.17, 15) is 9.59 Å². The van der Waals surface area contributed by atoms with Crippen molar-refractivity contribution in [1.29, 1.82) is 0 Å². The SMILES string of the molecule is CNC(=O)CC(OC(=O)O)Sc1nc2ccccc2s1. The Bertz CT molecular complexity index is 596. The molecule has 2 N–H and O–H groups in total. The summed E-state index contributed by atoms with van der Waals surface area (Å²) in [6, 6.07) is 7.60. The molecule has 0 saturated carbocycles. The zero-order chi connectivity index (χ0) is 14.5. The number of thioether (sulfide) groups is 1. The second-order valence-corrected chi connectivity index (χ2v) is 6.19. The summed E-state index contributed by atoms with van der Waals surface area (Å²) in [6.45, 7) is 0. The highest BCUT2D eigenvalue weighted by Crippen LogP contribution is 2.33. The number of nitrogens with zero attached hydrogens (tertiary/aromatic N) is 1. The maximum atomic E-state index is 11.4. The summed E-state index contributed by atoms with van der Waals surface area (Å²) in [5, 5.41) is 11.1. The van der Waals surface area contributed by atoms with Crippen LogP contribution in [0.1, 0.15) is 6.42 Å². The van der Waals surface area contributed by atoms with Gasteiger partial charge in [-0.3, -0.25) is 4.79 Å². The Kier molecular flexibility index (Phi) is 4.80. The average Bonchev–Trinajstić information content (AvgIpc) is 2.79. The van der Waals surface area contributed by atoms with Crippen molar-refractivity contribution < 1.29 is 19.4 Å². The van der Waals surface area contributed by atoms with Crippen molar-refractivity contribution in [3.63, 3.8) is 0 Å². The molecule has 0 saturated heterocycles. The standard InChI is InChI=1S/C12H12N2O4S2/c1-13-9(15)6-10(18-12(16)17)20-11-14-7-4-2-3-5-8(7)19-11/h2-5,10H,6H2,1H3,(H,13,15)(H,16,17). The summed E-state index contributed by atoms with van der Waals surface area (Å²) in [4.78, 5) is 26.4. The van der Waals surface area contributed by atoms with Crippen molar-refractivity contribution in [3.8, 4) is 0 Å². The fourth-order valence-corrected chi connectivity index (χ4v) is 3.71. The van der Waals surface area contributed by atoms with Crippen molar-refractivity contribution in [2.75, 3.05) is 7.05 Å². The molecule has 0 fully saturated rings. The highest BCUT2D eigenvalue weighted by atomic mass is 32.2. The van der Waals surface area contributed by atoms with Crippen LogP contribution >= 0.6 is 23.1 Å². The number of fused-ring (bicyclic) bond motifs is 1. The van der Waals surface area contributed by atoms with Gasteiger partial charge in [-0.25, -0.2) is 9.78 Å². The van der Waals surface area contributed by atoms with Gasteiger partial charge in [-0.2, -0.15) is 0 Å². The highest BCUT2D eigenvalue weighted by Gasteiger charge is 2.20. The van der Waals surface area contributed by atoms with Gasteiger partial charge in [0.05, 0.1) is 16.6 Å². The van der Waals surface area contributed by atoms with Gasteiger partial charge in [0.15, 0.2) is 9.78 Å². The molecule has 0 aliphatic rings. The molecule has 1 atom stereocenters. The molecule has 0 aliphatic carbocycles. The number of para-hydroxylation sites is 1. The molecule has 0 radical (unpaired) electrons. The molecular weight excluding hydrogens is 300 g/mol. The largest absolute Gasteiger partial charge is 0.506 e. The van der Waals surface area contributed by atoms with Crippen LogP contribution in [-0.4, -0.2) is 34.6 Å². The first-order valence-electron chi connectivity index (χ1n) is 5.71. The first-order chi connectivity index (χ1) is 9.58. The third kappa shape index (κ3) is 3.84. The van der Waals surface area contributed by atoms with E-state index in [1.54, 1.807) is 0 Å². The van der Waals surface area contributed by atoms with Crippen LogP contribution in [0, 0.1) is 0 Å². The Hall–Kier alpha value is -1.80. The number of carbonyl (C=O) groups is 2. The molecular formula is C12H12N2O4S2. The van der Waals surface area contributed by atoms with Crippen molar-refractivity contribution in [1.82, 2.24) is 10.3 Å². The lowest BCUT2D eigenvalue weighted by molar-refractivity contribution is -0.121. The van der Waals surface area contributed by atoms with E-state index in [-0.39, 0.29) is 12.3 Å². The number of aromatic nitrogens is 1. The molecule has 1 unspecified atom stereocenters. The zero-order valence-corrected chi connectivity index (χ0v) is 12.2. The molecule has 6 nitrogen and oxygen atoms in total. The van der Waals surface area contributed by atoms with Crippen LogP contribution in [0.3, 0.4) is 0 Å². The monoisotopic (exact) mass is 312 g/mol. The molecule has 1 heterocycles. The van der Waals surface area contributed by atoms with E-state index < -0.39 is 11.6 Å². The normalized spacial score (nSPS) is 12.1. The van der Waals surface area contributed by atoms with Crippen molar-refractivity contribution >= 4 is 45.4 Å². The minimum absolute atomic E-state index is 0.0522. The molecule has 1 aromatic heterocycles. The minimum Gasteiger partial charge on any atom is -0.450 e. The zero-order valence-electron chi connectivity index (χ0n) is 10.5. The predicted molar refractivity (Wildman–Crippen MR) is 77.1 cm³/mol. The Labute approximate surface area is 123 Å². The quantitative estimate of drug-likeness (QED) is 0.501. The molecule has 0 aliphatic heterocycles. The van der Waals surface area contributed by atoms with Gasteiger partial charge in [0, 0.05) is 7.05 Å². The summed E-state index contributed by atoms with van der Waals surface area (Å²) < 4.78 is 6.38. The van der Waals surface area contributed by atoms with Crippen LogP contribution in [0.25, 0.3) is 10.2 Å². The van der Waals surface area contributed by atoms with Gasteiger partial charge in [0.2, 0.25) is 5.91 Å². The third-order valence-electron chi connectivity index (χ3n) is 2.37. The number of nitrogens with one attached hydrogen (secondary N) is 1. The average molecular weight is 312 g/mol. The molecule has 2 aromatic rings. The molecule has 20 heavy (non-hydrogen) atoms. The molecule has 1 aromatic carbocycles. The number of thiazole rings is 1. The van der Waals surface area contributed by atoms with Gasteiger partial charge in [0.25, 0.3) is 0 Å². The second-order valence-electron chi connectivity index (χ2n) is 3.76. The number of hydrogen-bond acceptors (Lipinski definition) is 6. The lowest BCUT2D eigenvalue weighted by Crippen LogP contribution is -2.25. The topological polar surface area (TPSA) is 88.5 Å². The van der Waals surface area contributed by atoms with Crippen molar-refractivity contribution in [2.24, 2.45) is 0 Å². The number of benzene rings is 1. The Balaban J connectivity index is 2.13. The van der Waals surface area contributed by atoms with Gasteiger partial charge in [-0.1, -0.05) is 23.9 Å². The van der Waals surface area contributed by atoms with Crippen LogP contribution in [0.2, 0.25) is 0 Å². The van der Waals surface area contributed by atoms with E-state index in [1.165, 1.54) is 18.4 Å². The maximum absolute atomic E-state index is 11.4. The van der Waals surface area contributed by atoms with Gasteiger partial charge < -0.3 is 15.2 Å². The van der Waals surface area contributed by atoms with Crippen molar-refractivity contribution in [2.45, 2.75) is 16.2 Å². The van der Waals surface area contributed by atoms with Gasteiger partial charge in [0.1, 0.15) is 0 Å². The summed E-state index contributed by atoms with van der Waals surface area (Å²) in [6.07, 6.45) is -1.46.